The van der Waals surface area contributed by atoms with E-state index in [-0.39, 0.29) is 5.92 Å². The molecule has 4 rings (SSSR count). The molecule has 0 unspecified atom stereocenters. The second-order valence-electron chi connectivity index (χ2n) is 7.93. The molecule has 2 aromatic rings. The third-order valence-corrected chi connectivity index (χ3v) is 6.84. The zero-order valence-electron chi connectivity index (χ0n) is 16.7. The van der Waals surface area contributed by atoms with Crippen LogP contribution in [-0.2, 0) is 9.59 Å². The van der Waals surface area contributed by atoms with Gasteiger partial charge >= 0.3 is 0 Å². The van der Waals surface area contributed by atoms with E-state index >= 15 is 0 Å². The number of anilines is 1. The SMILES string of the molecule is O=C(NCC1CCN(c2ncnc3ccsc23)CC1)[C@H](O)[C@@H](O)C(=O)N1CCCC1. The van der Waals surface area contributed by atoms with Crippen LogP contribution >= 0.6 is 11.3 Å². The maximum absolute atomic E-state index is 12.2. The molecule has 0 aliphatic carbocycles. The maximum atomic E-state index is 12.2. The Hall–Kier alpha value is -2.30. The fourth-order valence-corrected chi connectivity index (χ4v) is 4.96. The lowest BCUT2D eigenvalue weighted by Gasteiger charge is -2.33. The minimum absolute atomic E-state index is 0.268. The largest absolute Gasteiger partial charge is 0.380 e. The molecule has 2 saturated heterocycles. The number of hydrogen-bond donors (Lipinski definition) is 3. The molecule has 0 aromatic carbocycles. The molecule has 3 N–H and O–H groups in total. The van der Waals surface area contributed by atoms with Gasteiger partial charge in [-0.2, -0.15) is 0 Å². The van der Waals surface area contributed by atoms with Crippen molar-refractivity contribution in [2.24, 2.45) is 5.92 Å². The molecule has 2 fully saturated rings. The molecule has 10 heteroatoms. The van der Waals surface area contributed by atoms with E-state index in [0.717, 1.165) is 54.8 Å². The number of hydrogen-bond acceptors (Lipinski definition) is 8. The van der Waals surface area contributed by atoms with E-state index in [1.807, 2.05) is 11.4 Å². The van der Waals surface area contributed by atoms with Crippen molar-refractivity contribution in [3.63, 3.8) is 0 Å². The third-order valence-electron chi connectivity index (χ3n) is 5.94. The number of rotatable bonds is 6. The van der Waals surface area contributed by atoms with Crippen LogP contribution in [0, 0.1) is 5.92 Å². The highest BCUT2D eigenvalue weighted by Crippen LogP contribution is 2.30. The summed E-state index contributed by atoms with van der Waals surface area (Å²) in [5.41, 5.74) is 0.954. The van der Waals surface area contributed by atoms with Gasteiger partial charge in [0.05, 0.1) is 10.2 Å². The predicted molar refractivity (Wildman–Crippen MR) is 113 cm³/mol. The van der Waals surface area contributed by atoms with E-state index in [0.29, 0.717) is 19.6 Å². The zero-order valence-corrected chi connectivity index (χ0v) is 17.6. The van der Waals surface area contributed by atoms with E-state index in [1.165, 1.54) is 4.90 Å². The Morgan fingerprint density at radius 3 is 2.60 bits per heavy atom. The van der Waals surface area contributed by atoms with Gasteiger partial charge in [-0.3, -0.25) is 9.59 Å². The fraction of sp³-hybridized carbons (Fsp3) is 0.600. The summed E-state index contributed by atoms with van der Waals surface area (Å²) in [6.07, 6.45) is 1.65. The van der Waals surface area contributed by atoms with Crippen LogP contribution < -0.4 is 10.2 Å². The number of carbonyl (C=O) groups excluding carboxylic acids is 2. The summed E-state index contributed by atoms with van der Waals surface area (Å²) in [5.74, 6) is -0.0530. The molecule has 2 aliphatic heterocycles. The third kappa shape index (κ3) is 4.40. The van der Waals surface area contributed by atoms with Crippen molar-refractivity contribution in [3.05, 3.63) is 17.8 Å². The molecule has 4 heterocycles. The normalized spacial score (nSPS) is 19.8. The van der Waals surface area contributed by atoms with E-state index in [9.17, 15) is 19.8 Å². The van der Waals surface area contributed by atoms with Crippen LogP contribution in [0.5, 0.6) is 0 Å². The van der Waals surface area contributed by atoms with Gasteiger partial charge in [0.2, 0.25) is 0 Å². The van der Waals surface area contributed by atoms with Crippen LogP contribution in [0.3, 0.4) is 0 Å². The summed E-state index contributed by atoms with van der Waals surface area (Å²) in [6.45, 7) is 3.18. The van der Waals surface area contributed by atoms with Crippen LogP contribution in [0.15, 0.2) is 17.8 Å². The summed E-state index contributed by atoms with van der Waals surface area (Å²) in [5, 5.41) is 24.9. The first kappa shape index (κ1) is 21.0. The van der Waals surface area contributed by atoms with Crippen molar-refractivity contribution in [3.8, 4) is 0 Å². The number of likely N-dealkylation sites (tertiary alicyclic amines) is 1. The van der Waals surface area contributed by atoms with Gasteiger partial charge < -0.3 is 25.3 Å². The molecular weight excluding hydrogens is 406 g/mol. The summed E-state index contributed by atoms with van der Waals surface area (Å²) < 4.78 is 1.09. The highest BCUT2D eigenvalue weighted by Gasteiger charge is 2.34. The van der Waals surface area contributed by atoms with Crippen LogP contribution in [0.1, 0.15) is 25.7 Å². The van der Waals surface area contributed by atoms with E-state index in [2.05, 4.69) is 20.2 Å². The monoisotopic (exact) mass is 433 g/mol. The Balaban J connectivity index is 1.24. The van der Waals surface area contributed by atoms with Crippen molar-refractivity contribution < 1.29 is 19.8 Å². The second-order valence-corrected chi connectivity index (χ2v) is 8.85. The van der Waals surface area contributed by atoms with Crippen molar-refractivity contribution in [1.29, 1.82) is 0 Å². The van der Waals surface area contributed by atoms with E-state index in [4.69, 9.17) is 0 Å². The van der Waals surface area contributed by atoms with Gasteiger partial charge in [-0.05, 0) is 43.0 Å². The first-order chi connectivity index (χ1) is 14.5. The second kappa shape index (κ2) is 9.23. The first-order valence-corrected chi connectivity index (χ1v) is 11.3. The number of aromatic nitrogens is 2. The van der Waals surface area contributed by atoms with Gasteiger partial charge in [0.25, 0.3) is 11.8 Å². The van der Waals surface area contributed by atoms with Crippen molar-refractivity contribution in [2.45, 2.75) is 37.9 Å². The smallest absolute Gasteiger partial charge is 0.254 e. The maximum Gasteiger partial charge on any atom is 0.254 e. The Morgan fingerprint density at radius 2 is 1.87 bits per heavy atom. The number of aliphatic hydroxyl groups is 2. The van der Waals surface area contributed by atoms with Crippen molar-refractivity contribution in [1.82, 2.24) is 20.2 Å². The van der Waals surface area contributed by atoms with Gasteiger partial charge in [-0.25, -0.2) is 9.97 Å². The van der Waals surface area contributed by atoms with Gasteiger partial charge in [-0.15, -0.1) is 11.3 Å². The number of piperidine rings is 1. The van der Waals surface area contributed by atoms with Crippen LogP contribution in [0.2, 0.25) is 0 Å². The van der Waals surface area contributed by atoms with Crippen LogP contribution in [0.25, 0.3) is 10.2 Å². The van der Waals surface area contributed by atoms with Crippen LogP contribution in [-0.4, -0.2) is 81.8 Å². The number of carbonyl (C=O) groups is 2. The number of nitrogens with zero attached hydrogens (tertiary/aromatic N) is 4. The molecule has 162 valence electrons. The standard InChI is InChI=1S/C20H27N5O4S/c26-15(16(27)20(29)25-6-1-2-7-25)19(28)21-11-13-3-8-24(9-4-13)18-17-14(5-10-30-17)22-12-23-18/h5,10,12-13,15-16,26-27H,1-4,6-9,11H2,(H,21,28)/t15-,16-/m1/s1. The minimum Gasteiger partial charge on any atom is -0.380 e. The lowest BCUT2D eigenvalue weighted by molar-refractivity contribution is -0.152. The van der Waals surface area contributed by atoms with Crippen molar-refractivity contribution >= 4 is 39.2 Å². The highest BCUT2D eigenvalue weighted by atomic mass is 32.1. The van der Waals surface area contributed by atoms with Gasteiger partial charge in [0.1, 0.15) is 12.1 Å². The lowest BCUT2D eigenvalue weighted by Crippen LogP contribution is -2.51. The van der Waals surface area contributed by atoms with Gasteiger partial charge in [0, 0.05) is 32.7 Å². The number of aliphatic hydroxyl groups excluding tert-OH is 2. The molecule has 0 saturated carbocycles. The van der Waals surface area contributed by atoms with Crippen molar-refractivity contribution in [2.75, 3.05) is 37.6 Å². The molecule has 2 aliphatic rings. The molecule has 2 aromatic heterocycles. The molecule has 2 atom stereocenters. The number of fused-ring (bicyclic) bond motifs is 1. The molecular formula is C20H27N5O4S. The highest BCUT2D eigenvalue weighted by molar-refractivity contribution is 7.17. The summed E-state index contributed by atoms with van der Waals surface area (Å²) in [6, 6.07) is 1.99. The summed E-state index contributed by atoms with van der Waals surface area (Å²) in [4.78, 5) is 36.9. The molecule has 0 spiro atoms. The first-order valence-electron chi connectivity index (χ1n) is 10.4. The number of amides is 2. The predicted octanol–water partition coefficient (Wildman–Crippen LogP) is 0.368. The van der Waals surface area contributed by atoms with E-state index < -0.39 is 24.0 Å². The zero-order chi connectivity index (χ0) is 21.1. The number of nitrogens with one attached hydrogen (secondary N) is 1. The molecule has 2 amide bonds. The molecule has 0 radical (unpaired) electrons. The quantitative estimate of drug-likeness (QED) is 0.602. The summed E-state index contributed by atoms with van der Waals surface area (Å²) >= 11 is 1.63. The minimum atomic E-state index is -1.74. The van der Waals surface area contributed by atoms with Gasteiger partial charge in [-0.1, -0.05) is 0 Å². The summed E-state index contributed by atoms with van der Waals surface area (Å²) in [7, 11) is 0. The number of thiophene rings is 1. The molecule has 0 bridgehead atoms. The van der Waals surface area contributed by atoms with Crippen LogP contribution in [0.4, 0.5) is 5.82 Å². The average molecular weight is 434 g/mol. The topological polar surface area (TPSA) is 119 Å². The average Bonchev–Trinajstić information content (AvgIpc) is 3.48. The molecule has 30 heavy (non-hydrogen) atoms. The lowest BCUT2D eigenvalue weighted by atomic mass is 9.96. The Bertz CT molecular complexity index is 892. The van der Waals surface area contributed by atoms with Gasteiger partial charge in [0.15, 0.2) is 12.2 Å². The Labute approximate surface area is 178 Å². The van der Waals surface area contributed by atoms with E-state index in [1.54, 1.807) is 17.7 Å². The Morgan fingerprint density at radius 1 is 1.13 bits per heavy atom. The Kier molecular flexibility index (Phi) is 6.45. The molecule has 9 nitrogen and oxygen atoms in total. The fourth-order valence-electron chi connectivity index (χ4n) is 4.10.